The van der Waals surface area contributed by atoms with Crippen molar-refractivity contribution in [2.75, 3.05) is 0 Å². The van der Waals surface area contributed by atoms with Gasteiger partial charge in [-0.3, -0.25) is 19.2 Å². The summed E-state index contributed by atoms with van der Waals surface area (Å²) in [7, 11) is 0. The van der Waals surface area contributed by atoms with Crippen molar-refractivity contribution < 1.29 is 19.2 Å². The molecular weight excluding hydrogens is 354 g/mol. The zero-order valence-corrected chi connectivity index (χ0v) is 15.8. The largest absolute Gasteiger partial charge is 0.334 e. The summed E-state index contributed by atoms with van der Waals surface area (Å²) in [5.41, 5.74) is -1.22. The highest BCUT2D eigenvalue weighted by Gasteiger charge is 2.59. The van der Waals surface area contributed by atoms with Gasteiger partial charge in [0.05, 0.1) is 5.56 Å². The van der Waals surface area contributed by atoms with Crippen LogP contribution in [0.5, 0.6) is 0 Å². The summed E-state index contributed by atoms with van der Waals surface area (Å²) in [4.78, 5) is 52.9. The first-order valence-electron chi connectivity index (χ1n) is 9.33. The first-order chi connectivity index (χ1) is 13.3. The Morgan fingerprint density at radius 2 is 1.32 bits per heavy atom. The summed E-state index contributed by atoms with van der Waals surface area (Å²) < 4.78 is 0. The number of hydrogen-bond donors (Lipinski definition) is 1. The summed E-state index contributed by atoms with van der Waals surface area (Å²) in [6.07, 6.45) is 0.367. The summed E-state index contributed by atoms with van der Waals surface area (Å²) >= 11 is 0. The van der Waals surface area contributed by atoms with E-state index in [-0.39, 0.29) is 35.5 Å². The van der Waals surface area contributed by atoms with Crippen LogP contribution in [0.4, 0.5) is 0 Å². The molecule has 2 aliphatic rings. The van der Waals surface area contributed by atoms with E-state index < -0.39 is 28.6 Å². The zero-order valence-electron chi connectivity index (χ0n) is 15.8. The van der Waals surface area contributed by atoms with Gasteiger partial charge in [0.2, 0.25) is 0 Å². The van der Waals surface area contributed by atoms with Gasteiger partial charge in [0, 0.05) is 18.4 Å². The van der Waals surface area contributed by atoms with E-state index in [1.54, 1.807) is 54.6 Å². The highest BCUT2D eigenvalue weighted by molar-refractivity contribution is 6.22. The number of nitrogens with one attached hydrogen (secondary N) is 1. The minimum absolute atomic E-state index is 0.183. The minimum atomic E-state index is -1.71. The second-order valence-corrected chi connectivity index (χ2v) is 8.39. The van der Waals surface area contributed by atoms with Crippen molar-refractivity contribution in [3.05, 3.63) is 71.3 Å². The number of amides is 1. The van der Waals surface area contributed by atoms with Crippen molar-refractivity contribution in [2.24, 2.45) is 11.3 Å². The first-order valence-corrected chi connectivity index (χ1v) is 9.33. The molecule has 1 atom stereocenters. The quantitative estimate of drug-likeness (QED) is 0.818. The fourth-order valence-electron chi connectivity index (χ4n) is 4.54. The first kappa shape index (κ1) is 18.3. The molecule has 1 N–H and O–H groups in total. The number of hydrogen-bond acceptors (Lipinski definition) is 4. The van der Waals surface area contributed by atoms with Crippen molar-refractivity contribution in [3.63, 3.8) is 0 Å². The molecule has 0 radical (unpaired) electrons. The second-order valence-electron chi connectivity index (χ2n) is 8.39. The highest BCUT2D eigenvalue weighted by Crippen LogP contribution is 2.45. The molecule has 142 valence electrons. The predicted molar refractivity (Wildman–Crippen MR) is 103 cm³/mol. The van der Waals surface area contributed by atoms with Crippen LogP contribution in [0.1, 0.15) is 53.0 Å². The third-order valence-electron chi connectivity index (χ3n) is 5.70. The van der Waals surface area contributed by atoms with Crippen molar-refractivity contribution in [1.29, 1.82) is 0 Å². The van der Waals surface area contributed by atoms with Crippen molar-refractivity contribution >= 4 is 23.3 Å². The van der Waals surface area contributed by atoms with E-state index in [1.165, 1.54) is 0 Å². The maximum absolute atomic E-state index is 13.7. The van der Waals surface area contributed by atoms with Crippen molar-refractivity contribution in [1.82, 2.24) is 5.32 Å². The summed E-state index contributed by atoms with van der Waals surface area (Å²) in [5.74, 6) is -2.71. The molecule has 0 saturated heterocycles. The Labute approximate surface area is 163 Å². The van der Waals surface area contributed by atoms with E-state index in [4.69, 9.17) is 0 Å². The lowest BCUT2D eigenvalue weighted by Gasteiger charge is -2.45. The molecule has 1 amide bonds. The fourth-order valence-corrected chi connectivity index (χ4v) is 4.54. The standard InChI is InChI=1S/C23H21NO4/c1-22(2)12-17(25)19(18(26)13-22)23(14-8-4-3-5-9-14)20(27)15-10-6-7-11-16(15)21(28)24-23/h3-11,19H,12-13H2,1-2H3,(H,24,28). The number of Topliss-reactive ketones (excluding diaryl/α,β-unsaturated/α-hetero) is 3. The Morgan fingerprint density at radius 1 is 0.786 bits per heavy atom. The Hall–Kier alpha value is -3.08. The summed E-state index contributed by atoms with van der Waals surface area (Å²) in [6.45, 7) is 3.73. The topological polar surface area (TPSA) is 80.3 Å². The molecule has 0 bridgehead atoms. The molecule has 1 aliphatic heterocycles. The van der Waals surface area contributed by atoms with Crippen LogP contribution < -0.4 is 5.32 Å². The lowest BCUT2D eigenvalue weighted by Crippen LogP contribution is -2.64. The second kappa shape index (κ2) is 6.23. The van der Waals surface area contributed by atoms with E-state index in [0.29, 0.717) is 5.56 Å². The molecule has 28 heavy (non-hydrogen) atoms. The Balaban J connectivity index is 1.96. The molecule has 5 nitrogen and oxygen atoms in total. The predicted octanol–water partition coefficient (Wildman–Crippen LogP) is 3.08. The van der Waals surface area contributed by atoms with Crippen LogP contribution in [0, 0.1) is 11.3 Å². The third kappa shape index (κ3) is 2.61. The molecule has 2 aromatic carbocycles. The number of benzene rings is 2. The normalized spacial score (nSPS) is 24.6. The average Bonchev–Trinajstić information content (AvgIpc) is 2.65. The third-order valence-corrected chi connectivity index (χ3v) is 5.70. The maximum atomic E-state index is 13.7. The minimum Gasteiger partial charge on any atom is -0.334 e. The van der Waals surface area contributed by atoms with Gasteiger partial charge >= 0.3 is 0 Å². The van der Waals surface area contributed by atoms with Crippen molar-refractivity contribution in [2.45, 2.75) is 32.2 Å². The van der Waals surface area contributed by atoms with Gasteiger partial charge in [0.1, 0.15) is 23.0 Å². The summed E-state index contributed by atoms with van der Waals surface area (Å²) in [5, 5.41) is 2.78. The molecule has 1 unspecified atom stereocenters. The van der Waals surface area contributed by atoms with Gasteiger partial charge in [-0.1, -0.05) is 62.4 Å². The number of carbonyl (C=O) groups is 4. The van der Waals surface area contributed by atoms with E-state index >= 15 is 0 Å². The highest BCUT2D eigenvalue weighted by atomic mass is 16.2. The number of carbonyl (C=O) groups excluding carboxylic acids is 4. The van der Waals surface area contributed by atoms with Gasteiger partial charge in [0.15, 0.2) is 5.78 Å². The van der Waals surface area contributed by atoms with Crippen LogP contribution in [0.15, 0.2) is 54.6 Å². The molecule has 1 fully saturated rings. The smallest absolute Gasteiger partial charge is 0.253 e. The van der Waals surface area contributed by atoms with Crippen LogP contribution in [0.2, 0.25) is 0 Å². The van der Waals surface area contributed by atoms with Crippen molar-refractivity contribution in [3.8, 4) is 0 Å². The molecule has 0 aromatic heterocycles. The molecule has 4 rings (SSSR count). The van der Waals surface area contributed by atoms with Gasteiger partial charge in [-0.2, -0.15) is 0 Å². The monoisotopic (exact) mass is 375 g/mol. The zero-order chi connectivity index (χ0) is 20.1. The fraction of sp³-hybridized carbons (Fsp3) is 0.304. The number of rotatable bonds is 2. The maximum Gasteiger partial charge on any atom is 0.253 e. The van der Waals surface area contributed by atoms with E-state index in [1.807, 2.05) is 13.8 Å². The molecular formula is C23H21NO4. The van der Waals surface area contributed by atoms with Gasteiger partial charge in [-0.05, 0) is 17.0 Å². The summed E-state index contributed by atoms with van der Waals surface area (Å²) in [6, 6.07) is 15.1. The van der Waals surface area contributed by atoms with Gasteiger partial charge < -0.3 is 5.32 Å². The lowest BCUT2D eigenvalue weighted by atomic mass is 9.60. The van der Waals surface area contributed by atoms with E-state index in [0.717, 1.165) is 0 Å². The van der Waals surface area contributed by atoms with Crippen LogP contribution >= 0.6 is 0 Å². The Bertz CT molecular complexity index is 988. The van der Waals surface area contributed by atoms with Crippen LogP contribution in [0.3, 0.4) is 0 Å². The molecule has 1 saturated carbocycles. The van der Waals surface area contributed by atoms with Crippen LogP contribution in [-0.4, -0.2) is 23.3 Å². The Morgan fingerprint density at radius 3 is 1.93 bits per heavy atom. The van der Waals surface area contributed by atoms with E-state index in [9.17, 15) is 19.2 Å². The molecule has 1 aliphatic carbocycles. The average molecular weight is 375 g/mol. The number of fused-ring (bicyclic) bond motifs is 1. The number of ketones is 3. The van der Waals surface area contributed by atoms with E-state index in [2.05, 4.69) is 5.32 Å². The van der Waals surface area contributed by atoms with Crippen LogP contribution in [0.25, 0.3) is 0 Å². The van der Waals surface area contributed by atoms with Gasteiger partial charge in [-0.15, -0.1) is 0 Å². The molecule has 2 aromatic rings. The SMILES string of the molecule is CC1(C)CC(=O)C(C2(c3ccccc3)NC(=O)c3ccccc3C2=O)C(=O)C1. The molecule has 5 heteroatoms. The van der Waals surface area contributed by atoms with Gasteiger partial charge in [0.25, 0.3) is 5.91 Å². The molecule has 0 spiro atoms. The Kier molecular flexibility index (Phi) is 4.07. The van der Waals surface area contributed by atoms with Gasteiger partial charge in [-0.25, -0.2) is 0 Å². The van der Waals surface area contributed by atoms with Crippen LogP contribution in [-0.2, 0) is 15.1 Å². The molecule has 1 heterocycles. The lowest BCUT2D eigenvalue weighted by molar-refractivity contribution is -0.142.